The van der Waals surface area contributed by atoms with Crippen LogP contribution in [0.3, 0.4) is 0 Å². The van der Waals surface area contributed by atoms with Gasteiger partial charge in [0.25, 0.3) is 0 Å². The lowest BCUT2D eigenvalue weighted by Crippen LogP contribution is -2.49. The summed E-state index contributed by atoms with van der Waals surface area (Å²) in [6.07, 6.45) is 5.86. The molecule has 0 aromatic carbocycles. The molecule has 0 spiro atoms. The lowest BCUT2D eigenvalue weighted by molar-refractivity contribution is -0.137. The Hall–Kier alpha value is -0.610. The monoisotopic (exact) mass is 266 g/mol. The molecule has 3 aliphatic rings. The molecule has 3 heterocycles. The highest BCUT2D eigenvalue weighted by Gasteiger charge is 2.41. The molecule has 0 bridgehead atoms. The fourth-order valence-electron chi connectivity index (χ4n) is 4.11. The van der Waals surface area contributed by atoms with Crippen molar-refractivity contribution < 1.29 is 9.53 Å². The Morgan fingerprint density at radius 3 is 2.68 bits per heavy atom. The van der Waals surface area contributed by atoms with E-state index in [1.165, 1.54) is 32.2 Å². The number of rotatable bonds is 3. The van der Waals surface area contributed by atoms with Crippen LogP contribution >= 0.6 is 0 Å². The lowest BCUT2D eigenvalue weighted by Gasteiger charge is -2.35. The number of carbonyl (C=O) groups excluding carboxylic acids is 1. The van der Waals surface area contributed by atoms with Gasteiger partial charge in [-0.1, -0.05) is 6.92 Å². The highest BCUT2D eigenvalue weighted by atomic mass is 16.5. The molecule has 3 saturated heterocycles. The van der Waals surface area contributed by atoms with E-state index >= 15 is 0 Å². The predicted octanol–water partition coefficient (Wildman–Crippen LogP) is 1.50. The summed E-state index contributed by atoms with van der Waals surface area (Å²) in [6, 6.07) is 1.08. The van der Waals surface area contributed by atoms with E-state index in [4.69, 9.17) is 4.74 Å². The Kier molecular flexibility index (Phi) is 4.08. The van der Waals surface area contributed by atoms with E-state index in [0.29, 0.717) is 24.6 Å². The molecule has 3 fully saturated rings. The fraction of sp³-hybridized carbons (Fsp3) is 0.933. The van der Waals surface area contributed by atoms with Gasteiger partial charge in [0.15, 0.2) is 0 Å². The van der Waals surface area contributed by atoms with Crippen molar-refractivity contribution in [1.82, 2.24) is 9.80 Å². The van der Waals surface area contributed by atoms with Gasteiger partial charge in [0.05, 0.1) is 12.5 Å². The van der Waals surface area contributed by atoms with Crippen LogP contribution in [0.1, 0.15) is 39.0 Å². The average molecular weight is 266 g/mol. The molecule has 4 nitrogen and oxygen atoms in total. The van der Waals surface area contributed by atoms with Gasteiger partial charge in [0, 0.05) is 25.2 Å². The first-order valence-corrected chi connectivity index (χ1v) is 7.93. The van der Waals surface area contributed by atoms with Crippen LogP contribution < -0.4 is 0 Å². The van der Waals surface area contributed by atoms with Crippen molar-refractivity contribution in [3.63, 3.8) is 0 Å². The van der Waals surface area contributed by atoms with Crippen molar-refractivity contribution in [2.45, 2.75) is 51.1 Å². The highest BCUT2D eigenvalue weighted by molar-refractivity contribution is 5.80. The highest BCUT2D eigenvalue weighted by Crippen LogP contribution is 2.31. The van der Waals surface area contributed by atoms with Crippen molar-refractivity contribution in [3.05, 3.63) is 0 Å². The zero-order valence-corrected chi connectivity index (χ0v) is 12.0. The van der Waals surface area contributed by atoms with Crippen LogP contribution in [-0.2, 0) is 9.53 Å². The minimum absolute atomic E-state index is 0.136. The van der Waals surface area contributed by atoms with E-state index in [9.17, 15) is 4.79 Å². The summed E-state index contributed by atoms with van der Waals surface area (Å²) < 4.78 is 5.38. The van der Waals surface area contributed by atoms with Crippen LogP contribution in [0.2, 0.25) is 0 Å². The van der Waals surface area contributed by atoms with Gasteiger partial charge in [-0.05, 0) is 45.2 Å². The normalized spacial score (nSPS) is 36.3. The van der Waals surface area contributed by atoms with Gasteiger partial charge in [-0.3, -0.25) is 9.69 Å². The molecule has 0 saturated carbocycles. The molecular formula is C15H26N2O2. The van der Waals surface area contributed by atoms with Crippen LogP contribution in [-0.4, -0.2) is 60.6 Å². The predicted molar refractivity (Wildman–Crippen MR) is 73.9 cm³/mol. The van der Waals surface area contributed by atoms with Crippen LogP contribution in [0, 0.1) is 5.92 Å². The van der Waals surface area contributed by atoms with Gasteiger partial charge < -0.3 is 9.64 Å². The van der Waals surface area contributed by atoms with Crippen LogP contribution in [0.15, 0.2) is 0 Å². The number of amides is 1. The maximum atomic E-state index is 12.6. The third kappa shape index (κ3) is 2.52. The molecule has 3 aliphatic heterocycles. The lowest BCUT2D eigenvalue weighted by atomic mass is 10.0. The van der Waals surface area contributed by atoms with E-state index in [-0.39, 0.29) is 5.92 Å². The quantitative estimate of drug-likeness (QED) is 0.776. The Morgan fingerprint density at radius 2 is 1.95 bits per heavy atom. The van der Waals surface area contributed by atoms with Crippen LogP contribution in [0.4, 0.5) is 0 Å². The SMILES string of the molecule is CCN1CCC[C@@H]1[C@H]1CCCN1C(=O)[C@H]1CCOC1. The number of likely N-dealkylation sites (tertiary alicyclic amines) is 2. The van der Waals surface area contributed by atoms with Crippen molar-refractivity contribution in [2.24, 2.45) is 5.92 Å². The number of hydrogen-bond donors (Lipinski definition) is 0. The summed E-state index contributed by atoms with van der Waals surface area (Å²) in [5.74, 6) is 0.500. The van der Waals surface area contributed by atoms with Gasteiger partial charge >= 0.3 is 0 Å². The first-order chi connectivity index (χ1) is 9.31. The molecule has 0 unspecified atom stereocenters. The minimum atomic E-state index is 0.136. The van der Waals surface area contributed by atoms with E-state index < -0.39 is 0 Å². The van der Waals surface area contributed by atoms with Crippen molar-refractivity contribution in [1.29, 1.82) is 0 Å². The van der Waals surface area contributed by atoms with E-state index in [1.807, 2.05) is 0 Å². The summed E-state index contributed by atoms with van der Waals surface area (Å²) in [5.41, 5.74) is 0. The first-order valence-electron chi connectivity index (χ1n) is 7.93. The maximum Gasteiger partial charge on any atom is 0.228 e. The zero-order chi connectivity index (χ0) is 13.2. The summed E-state index contributed by atoms with van der Waals surface area (Å²) >= 11 is 0. The first kappa shape index (κ1) is 13.4. The number of hydrogen-bond acceptors (Lipinski definition) is 3. The smallest absolute Gasteiger partial charge is 0.228 e. The van der Waals surface area contributed by atoms with Gasteiger partial charge in [-0.2, -0.15) is 0 Å². The van der Waals surface area contributed by atoms with Gasteiger partial charge in [0.2, 0.25) is 5.91 Å². The molecule has 0 aromatic rings. The Bertz CT molecular complexity index is 328. The average Bonchev–Trinajstić information content (AvgIpc) is 3.16. The standard InChI is InChI=1S/C15H26N2O2/c1-2-16-8-3-5-13(16)14-6-4-9-17(14)15(18)12-7-10-19-11-12/h12-14H,2-11H2,1H3/t12-,13+,14+/m0/s1. The minimum Gasteiger partial charge on any atom is -0.381 e. The number of ether oxygens (including phenoxy) is 1. The Morgan fingerprint density at radius 1 is 1.16 bits per heavy atom. The van der Waals surface area contributed by atoms with Crippen LogP contribution in [0.5, 0.6) is 0 Å². The summed E-state index contributed by atoms with van der Waals surface area (Å²) in [7, 11) is 0. The topological polar surface area (TPSA) is 32.8 Å². The fourth-order valence-corrected chi connectivity index (χ4v) is 4.11. The van der Waals surface area contributed by atoms with Gasteiger partial charge in [-0.25, -0.2) is 0 Å². The molecule has 0 aromatic heterocycles. The third-order valence-corrected chi connectivity index (χ3v) is 5.13. The second-order valence-electron chi connectivity index (χ2n) is 6.14. The van der Waals surface area contributed by atoms with Crippen LogP contribution in [0.25, 0.3) is 0 Å². The van der Waals surface area contributed by atoms with Crippen molar-refractivity contribution in [2.75, 3.05) is 32.8 Å². The molecule has 0 N–H and O–H groups in total. The molecule has 4 heteroatoms. The number of nitrogens with zero attached hydrogens (tertiary/aromatic N) is 2. The number of likely N-dealkylation sites (N-methyl/N-ethyl adjacent to an activating group) is 1. The Balaban J connectivity index is 1.68. The number of carbonyl (C=O) groups is 1. The molecule has 0 radical (unpaired) electrons. The largest absolute Gasteiger partial charge is 0.381 e. The van der Waals surface area contributed by atoms with Crippen molar-refractivity contribution in [3.8, 4) is 0 Å². The second-order valence-corrected chi connectivity index (χ2v) is 6.14. The molecule has 3 atom stereocenters. The maximum absolute atomic E-state index is 12.6. The molecule has 19 heavy (non-hydrogen) atoms. The van der Waals surface area contributed by atoms with E-state index in [1.54, 1.807) is 0 Å². The molecule has 3 rings (SSSR count). The molecule has 0 aliphatic carbocycles. The van der Waals surface area contributed by atoms with Gasteiger partial charge in [-0.15, -0.1) is 0 Å². The van der Waals surface area contributed by atoms with Crippen molar-refractivity contribution >= 4 is 5.91 Å². The molecule has 108 valence electrons. The van der Waals surface area contributed by atoms with E-state index in [0.717, 1.165) is 26.1 Å². The zero-order valence-electron chi connectivity index (χ0n) is 12.0. The summed E-state index contributed by atoms with van der Waals surface area (Å²) in [5, 5.41) is 0. The molecule has 1 amide bonds. The molecular weight excluding hydrogens is 240 g/mol. The van der Waals surface area contributed by atoms with Gasteiger partial charge in [0.1, 0.15) is 0 Å². The summed E-state index contributed by atoms with van der Waals surface area (Å²) in [6.45, 7) is 6.95. The van der Waals surface area contributed by atoms with E-state index in [2.05, 4.69) is 16.7 Å². The third-order valence-electron chi connectivity index (χ3n) is 5.13. The second kappa shape index (κ2) is 5.80. The summed E-state index contributed by atoms with van der Waals surface area (Å²) in [4.78, 5) is 17.4. The Labute approximate surface area is 116 Å².